The van der Waals surface area contributed by atoms with E-state index in [1.807, 2.05) is 0 Å². The zero-order valence-electron chi connectivity index (χ0n) is 15.3. The number of aryl methyl sites for hydroxylation is 2. The highest BCUT2D eigenvalue weighted by atomic mass is 16.5. The zero-order chi connectivity index (χ0) is 17.4. The first-order chi connectivity index (χ1) is 12.1. The van der Waals surface area contributed by atoms with Gasteiger partial charge in [-0.25, -0.2) is 0 Å². The minimum Gasteiger partial charge on any atom is -0.488 e. The van der Waals surface area contributed by atoms with Crippen molar-refractivity contribution in [3.63, 3.8) is 0 Å². The molecule has 1 atom stereocenters. The Kier molecular flexibility index (Phi) is 4.53. The number of hydrogen-bond acceptors (Lipinski definition) is 3. The molecule has 2 aliphatic rings. The maximum absolute atomic E-state index is 6.17. The first-order valence-corrected chi connectivity index (χ1v) is 9.46. The summed E-state index contributed by atoms with van der Waals surface area (Å²) in [4.78, 5) is 2.56. The number of benzene rings is 2. The molecule has 1 fully saturated rings. The Morgan fingerprint density at radius 2 is 1.80 bits per heavy atom. The van der Waals surface area contributed by atoms with Gasteiger partial charge in [0.15, 0.2) is 0 Å². The molecule has 0 aromatic heterocycles. The quantitative estimate of drug-likeness (QED) is 0.922. The van der Waals surface area contributed by atoms with Crippen molar-refractivity contribution in [3.8, 4) is 16.9 Å². The van der Waals surface area contributed by atoms with Crippen LogP contribution in [0.4, 0.5) is 0 Å². The van der Waals surface area contributed by atoms with Crippen LogP contribution < -0.4 is 10.5 Å². The van der Waals surface area contributed by atoms with E-state index >= 15 is 0 Å². The summed E-state index contributed by atoms with van der Waals surface area (Å²) in [5.41, 5.74) is 13.6. The van der Waals surface area contributed by atoms with Gasteiger partial charge in [0.25, 0.3) is 0 Å². The van der Waals surface area contributed by atoms with E-state index in [0.717, 1.165) is 18.7 Å². The van der Waals surface area contributed by atoms with Gasteiger partial charge in [-0.1, -0.05) is 23.8 Å². The predicted octanol–water partition coefficient (Wildman–Crippen LogP) is 3.83. The van der Waals surface area contributed by atoms with Crippen molar-refractivity contribution >= 4 is 0 Å². The Labute approximate surface area is 150 Å². The summed E-state index contributed by atoms with van der Waals surface area (Å²) in [5, 5.41) is 0. The van der Waals surface area contributed by atoms with Crippen LogP contribution in [0.25, 0.3) is 11.1 Å². The molecule has 0 amide bonds. The number of ether oxygens (including phenoxy) is 1. The third-order valence-electron chi connectivity index (χ3n) is 5.36. The van der Waals surface area contributed by atoms with Gasteiger partial charge in [-0.3, -0.25) is 4.90 Å². The van der Waals surface area contributed by atoms with E-state index in [4.69, 9.17) is 10.5 Å². The normalized spacial score (nSPS) is 19.9. The van der Waals surface area contributed by atoms with Gasteiger partial charge < -0.3 is 10.5 Å². The molecule has 2 N–H and O–H groups in total. The summed E-state index contributed by atoms with van der Waals surface area (Å²) < 4.78 is 6.17. The first-order valence-electron chi connectivity index (χ1n) is 9.46. The Balaban J connectivity index is 1.71. The van der Waals surface area contributed by atoms with Crippen LogP contribution in [0.1, 0.15) is 35.1 Å². The molecule has 0 radical (unpaired) electrons. The van der Waals surface area contributed by atoms with Crippen LogP contribution in [0.2, 0.25) is 0 Å². The Hall–Kier alpha value is -1.84. The molecule has 0 saturated carbocycles. The minimum absolute atomic E-state index is 0.115. The molecule has 132 valence electrons. The van der Waals surface area contributed by atoms with Gasteiger partial charge in [0.2, 0.25) is 0 Å². The molecule has 2 aromatic rings. The Morgan fingerprint density at radius 1 is 1.04 bits per heavy atom. The van der Waals surface area contributed by atoms with Crippen LogP contribution in [-0.4, -0.2) is 30.6 Å². The van der Waals surface area contributed by atoms with Crippen molar-refractivity contribution in [2.45, 2.75) is 45.8 Å². The number of hydrogen-bond donors (Lipinski definition) is 1. The molecule has 0 aliphatic carbocycles. The van der Waals surface area contributed by atoms with Crippen LogP contribution in [-0.2, 0) is 13.0 Å². The standard InChI is InChI=1S/C22H28N2O/c1-15-7-17(14-24-5-3-4-6-24)11-18(8-15)21-10-16(2)9-19-12-20(13-23)25-22(19)21/h7-11,20H,3-6,12-14,23H2,1-2H3. The molecule has 3 heteroatoms. The van der Waals surface area contributed by atoms with Crippen molar-refractivity contribution in [1.29, 1.82) is 0 Å². The third-order valence-corrected chi connectivity index (χ3v) is 5.36. The number of nitrogens with zero attached hydrogens (tertiary/aromatic N) is 1. The molecule has 0 bridgehead atoms. The van der Waals surface area contributed by atoms with Gasteiger partial charge in [-0.15, -0.1) is 0 Å². The summed E-state index contributed by atoms with van der Waals surface area (Å²) in [6, 6.07) is 11.4. The minimum atomic E-state index is 0.115. The monoisotopic (exact) mass is 336 g/mol. The Bertz CT molecular complexity index is 778. The van der Waals surface area contributed by atoms with Crippen LogP contribution in [0.3, 0.4) is 0 Å². The Morgan fingerprint density at radius 3 is 2.56 bits per heavy atom. The van der Waals surface area contributed by atoms with Gasteiger partial charge in [0, 0.05) is 25.1 Å². The molecule has 4 rings (SSSR count). The lowest BCUT2D eigenvalue weighted by molar-refractivity contribution is 0.242. The molecule has 1 unspecified atom stereocenters. The maximum atomic E-state index is 6.17. The van der Waals surface area contributed by atoms with E-state index in [1.54, 1.807) is 0 Å². The largest absolute Gasteiger partial charge is 0.488 e. The molecule has 25 heavy (non-hydrogen) atoms. The number of likely N-dealkylation sites (tertiary alicyclic amines) is 1. The van der Waals surface area contributed by atoms with Gasteiger partial charge in [0.1, 0.15) is 11.9 Å². The zero-order valence-corrected chi connectivity index (χ0v) is 15.3. The highest BCUT2D eigenvalue weighted by Gasteiger charge is 2.25. The second kappa shape index (κ2) is 6.81. The summed E-state index contributed by atoms with van der Waals surface area (Å²) in [7, 11) is 0. The highest BCUT2D eigenvalue weighted by Crippen LogP contribution is 2.40. The van der Waals surface area contributed by atoms with E-state index in [0.29, 0.717) is 6.54 Å². The van der Waals surface area contributed by atoms with Crippen LogP contribution >= 0.6 is 0 Å². The molecule has 3 nitrogen and oxygen atoms in total. The molecule has 2 aromatic carbocycles. The average Bonchev–Trinajstić information content (AvgIpc) is 3.22. The topological polar surface area (TPSA) is 38.5 Å². The lowest BCUT2D eigenvalue weighted by Gasteiger charge is -2.17. The fraction of sp³-hybridized carbons (Fsp3) is 0.455. The van der Waals surface area contributed by atoms with Gasteiger partial charge in [-0.2, -0.15) is 0 Å². The predicted molar refractivity (Wildman–Crippen MR) is 103 cm³/mol. The van der Waals surface area contributed by atoms with E-state index in [2.05, 4.69) is 49.1 Å². The molecule has 0 spiro atoms. The second-order valence-electron chi connectivity index (χ2n) is 7.67. The van der Waals surface area contributed by atoms with Crippen LogP contribution in [0.5, 0.6) is 5.75 Å². The number of rotatable bonds is 4. The maximum Gasteiger partial charge on any atom is 0.130 e. The van der Waals surface area contributed by atoms with Crippen molar-refractivity contribution in [2.24, 2.45) is 5.73 Å². The van der Waals surface area contributed by atoms with Crippen molar-refractivity contribution in [1.82, 2.24) is 4.90 Å². The molecule has 2 heterocycles. The molecular formula is C22H28N2O. The van der Waals surface area contributed by atoms with Gasteiger partial charge in [0.05, 0.1) is 0 Å². The van der Waals surface area contributed by atoms with E-state index in [-0.39, 0.29) is 6.10 Å². The molecular weight excluding hydrogens is 308 g/mol. The third kappa shape index (κ3) is 3.44. The van der Waals surface area contributed by atoms with Crippen LogP contribution in [0, 0.1) is 13.8 Å². The summed E-state index contributed by atoms with van der Waals surface area (Å²) in [5.74, 6) is 1.04. The first kappa shape index (κ1) is 16.6. The SMILES string of the molecule is Cc1cc(CN2CCCC2)cc(-c2cc(C)cc3c2OC(CN)C3)c1. The fourth-order valence-corrected chi connectivity index (χ4v) is 4.25. The summed E-state index contributed by atoms with van der Waals surface area (Å²) >= 11 is 0. The van der Waals surface area contributed by atoms with E-state index in [1.165, 1.54) is 59.3 Å². The van der Waals surface area contributed by atoms with Crippen molar-refractivity contribution in [2.75, 3.05) is 19.6 Å². The number of nitrogens with two attached hydrogens (primary N) is 1. The second-order valence-corrected chi connectivity index (χ2v) is 7.67. The van der Waals surface area contributed by atoms with E-state index in [9.17, 15) is 0 Å². The summed E-state index contributed by atoms with van der Waals surface area (Å²) in [6.07, 6.45) is 3.70. The van der Waals surface area contributed by atoms with Gasteiger partial charge in [-0.05, 0) is 74.2 Å². The molecule has 1 saturated heterocycles. The van der Waals surface area contributed by atoms with Crippen molar-refractivity contribution < 1.29 is 4.74 Å². The van der Waals surface area contributed by atoms with Gasteiger partial charge >= 0.3 is 0 Å². The lowest BCUT2D eigenvalue weighted by atomic mass is 9.95. The van der Waals surface area contributed by atoms with Crippen molar-refractivity contribution in [3.05, 3.63) is 52.6 Å². The van der Waals surface area contributed by atoms with Crippen LogP contribution in [0.15, 0.2) is 30.3 Å². The average molecular weight is 336 g/mol. The molecule has 2 aliphatic heterocycles. The smallest absolute Gasteiger partial charge is 0.130 e. The lowest BCUT2D eigenvalue weighted by Crippen LogP contribution is -2.24. The fourth-order valence-electron chi connectivity index (χ4n) is 4.25. The highest BCUT2D eigenvalue weighted by molar-refractivity contribution is 5.75. The number of fused-ring (bicyclic) bond motifs is 1. The summed E-state index contributed by atoms with van der Waals surface area (Å²) in [6.45, 7) is 8.43. The van der Waals surface area contributed by atoms with E-state index < -0.39 is 0 Å².